The summed E-state index contributed by atoms with van der Waals surface area (Å²) >= 11 is 11.9. The molecular formula is C15H11Cl2FO2. The van der Waals surface area contributed by atoms with Gasteiger partial charge >= 0.3 is 0 Å². The van der Waals surface area contributed by atoms with Crippen molar-refractivity contribution in [2.75, 3.05) is 7.11 Å². The minimum atomic E-state index is -0.618. The number of rotatable bonds is 4. The summed E-state index contributed by atoms with van der Waals surface area (Å²) in [6, 6.07) is 9.24. The van der Waals surface area contributed by atoms with Crippen molar-refractivity contribution in [3.63, 3.8) is 0 Å². The Bertz CT molecular complexity index is 656. The third-order valence-corrected chi connectivity index (χ3v) is 3.71. The maximum absolute atomic E-state index is 13.8. The predicted molar refractivity (Wildman–Crippen MR) is 77.4 cm³/mol. The lowest BCUT2D eigenvalue weighted by molar-refractivity contribution is 0.0986. The second-order valence-corrected chi connectivity index (χ2v) is 4.92. The molecule has 0 aliphatic heterocycles. The lowest BCUT2D eigenvalue weighted by Crippen LogP contribution is -2.09. The molecule has 0 unspecified atom stereocenters. The molecule has 0 spiro atoms. The van der Waals surface area contributed by atoms with Gasteiger partial charge in [0.05, 0.1) is 22.7 Å². The molecule has 0 aliphatic carbocycles. The van der Waals surface area contributed by atoms with Crippen molar-refractivity contribution in [3.8, 4) is 5.75 Å². The Hall–Kier alpha value is -1.58. The molecule has 0 radical (unpaired) electrons. The zero-order chi connectivity index (χ0) is 14.7. The van der Waals surface area contributed by atoms with E-state index in [-0.39, 0.29) is 17.7 Å². The molecule has 0 aromatic heterocycles. The molecule has 0 saturated carbocycles. The molecule has 0 aliphatic rings. The molecule has 2 aromatic rings. The molecule has 0 N–H and O–H groups in total. The molecule has 2 rings (SSSR count). The van der Waals surface area contributed by atoms with Crippen LogP contribution in [-0.2, 0) is 6.42 Å². The van der Waals surface area contributed by atoms with E-state index in [4.69, 9.17) is 27.9 Å². The van der Waals surface area contributed by atoms with Crippen molar-refractivity contribution in [3.05, 3.63) is 63.4 Å². The largest absolute Gasteiger partial charge is 0.496 e. The summed E-state index contributed by atoms with van der Waals surface area (Å²) in [5.74, 6) is -0.829. The Balaban J connectivity index is 2.36. The van der Waals surface area contributed by atoms with Gasteiger partial charge in [0.1, 0.15) is 11.6 Å². The summed E-state index contributed by atoms with van der Waals surface area (Å²) in [5.41, 5.74) is 0.473. The Labute approximate surface area is 126 Å². The highest BCUT2D eigenvalue weighted by Gasteiger charge is 2.19. The van der Waals surface area contributed by atoms with Crippen LogP contribution in [0.3, 0.4) is 0 Å². The topological polar surface area (TPSA) is 26.3 Å². The predicted octanol–water partition coefficient (Wildman–Crippen LogP) is 4.57. The number of ketones is 1. The van der Waals surface area contributed by atoms with Crippen molar-refractivity contribution in [2.24, 2.45) is 0 Å². The second-order valence-electron chi connectivity index (χ2n) is 4.13. The fraction of sp³-hybridized carbons (Fsp3) is 0.133. The van der Waals surface area contributed by atoms with Crippen LogP contribution >= 0.6 is 23.2 Å². The molecule has 2 aromatic carbocycles. The SMILES string of the molecule is COc1cccc(F)c1C(=O)Cc1cccc(Cl)c1Cl. The van der Waals surface area contributed by atoms with Gasteiger partial charge < -0.3 is 4.74 Å². The number of halogens is 3. The lowest BCUT2D eigenvalue weighted by Gasteiger charge is -2.09. The average Bonchev–Trinajstić information content (AvgIpc) is 2.43. The summed E-state index contributed by atoms with van der Waals surface area (Å²) in [6.07, 6.45) is -0.0450. The Morgan fingerprint density at radius 2 is 1.90 bits per heavy atom. The van der Waals surface area contributed by atoms with Gasteiger partial charge in [0.25, 0.3) is 0 Å². The van der Waals surface area contributed by atoms with Gasteiger partial charge in [0.15, 0.2) is 5.78 Å². The quantitative estimate of drug-likeness (QED) is 0.773. The number of hydrogen-bond acceptors (Lipinski definition) is 2. The molecule has 0 amide bonds. The van der Waals surface area contributed by atoms with Crippen molar-refractivity contribution in [2.45, 2.75) is 6.42 Å². The van der Waals surface area contributed by atoms with Gasteiger partial charge in [-0.3, -0.25) is 4.79 Å². The first-order valence-corrected chi connectivity index (χ1v) is 6.58. The standard InChI is InChI=1S/C15H11Cl2FO2/c1-20-13-7-3-6-11(18)14(13)12(19)8-9-4-2-5-10(16)15(9)17/h2-7H,8H2,1H3. The molecule has 2 nitrogen and oxygen atoms in total. The van der Waals surface area contributed by atoms with E-state index >= 15 is 0 Å². The molecule has 20 heavy (non-hydrogen) atoms. The third-order valence-electron chi connectivity index (χ3n) is 2.86. The van der Waals surface area contributed by atoms with E-state index in [1.54, 1.807) is 18.2 Å². The smallest absolute Gasteiger partial charge is 0.173 e. The Morgan fingerprint density at radius 1 is 1.20 bits per heavy atom. The number of carbonyl (C=O) groups is 1. The van der Waals surface area contributed by atoms with E-state index in [1.165, 1.54) is 25.3 Å². The van der Waals surface area contributed by atoms with E-state index in [0.29, 0.717) is 15.6 Å². The van der Waals surface area contributed by atoms with Crippen molar-refractivity contribution in [1.29, 1.82) is 0 Å². The minimum absolute atomic E-state index is 0.0450. The number of methoxy groups -OCH3 is 1. The molecule has 0 fully saturated rings. The van der Waals surface area contributed by atoms with E-state index in [2.05, 4.69) is 0 Å². The maximum Gasteiger partial charge on any atom is 0.173 e. The fourth-order valence-corrected chi connectivity index (χ4v) is 2.28. The third kappa shape index (κ3) is 2.94. The van der Waals surface area contributed by atoms with Gasteiger partial charge in [-0.25, -0.2) is 4.39 Å². The molecule has 0 saturated heterocycles. The van der Waals surface area contributed by atoms with Crippen LogP contribution in [0.4, 0.5) is 4.39 Å². The van der Waals surface area contributed by atoms with Crippen LogP contribution in [0.2, 0.25) is 10.0 Å². The number of ether oxygens (including phenoxy) is 1. The first-order valence-electron chi connectivity index (χ1n) is 5.83. The first-order chi connectivity index (χ1) is 9.54. The zero-order valence-corrected chi connectivity index (χ0v) is 12.1. The summed E-state index contributed by atoms with van der Waals surface area (Å²) in [7, 11) is 1.39. The van der Waals surface area contributed by atoms with E-state index in [0.717, 1.165) is 0 Å². The summed E-state index contributed by atoms with van der Waals surface area (Å²) in [6.45, 7) is 0. The first kappa shape index (κ1) is 14.8. The van der Waals surface area contributed by atoms with E-state index in [1.807, 2.05) is 0 Å². The summed E-state index contributed by atoms with van der Waals surface area (Å²) < 4.78 is 18.8. The van der Waals surface area contributed by atoms with Crippen LogP contribution in [0.15, 0.2) is 36.4 Å². The van der Waals surface area contributed by atoms with E-state index < -0.39 is 11.6 Å². The molecule has 0 atom stereocenters. The fourth-order valence-electron chi connectivity index (χ4n) is 1.89. The molecule has 104 valence electrons. The molecule has 5 heteroatoms. The van der Waals surface area contributed by atoms with Gasteiger partial charge in [-0.05, 0) is 23.8 Å². The monoisotopic (exact) mass is 312 g/mol. The van der Waals surface area contributed by atoms with Crippen LogP contribution < -0.4 is 4.74 Å². The van der Waals surface area contributed by atoms with Gasteiger partial charge in [0, 0.05) is 6.42 Å². The van der Waals surface area contributed by atoms with Crippen LogP contribution in [0.25, 0.3) is 0 Å². The zero-order valence-electron chi connectivity index (χ0n) is 10.6. The number of Topliss-reactive ketones (excluding diaryl/α,β-unsaturated/α-hetero) is 1. The normalized spacial score (nSPS) is 10.4. The summed E-state index contributed by atoms with van der Waals surface area (Å²) in [4.78, 5) is 12.3. The van der Waals surface area contributed by atoms with Gasteiger partial charge in [-0.1, -0.05) is 41.4 Å². The lowest BCUT2D eigenvalue weighted by atomic mass is 10.0. The van der Waals surface area contributed by atoms with Gasteiger partial charge in [0.2, 0.25) is 0 Å². The Morgan fingerprint density at radius 3 is 2.60 bits per heavy atom. The number of carbonyl (C=O) groups excluding carboxylic acids is 1. The molecule has 0 heterocycles. The van der Waals surface area contributed by atoms with Crippen LogP contribution in [0.5, 0.6) is 5.75 Å². The van der Waals surface area contributed by atoms with Crippen LogP contribution in [0, 0.1) is 5.82 Å². The van der Waals surface area contributed by atoms with Crippen LogP contribution in [-0.4, -0.2) is 12.9 Å². The number of benzene rings is 2. The second kappa shape index (κ2) is 6.25. The molecule has 0 bridgehead atoms. The van der Waals surface area contributed by atoms with Crippen molar-refractivity contribution in [1.82, 2.24) is 0 Å². The highest BCUT2D eigenvalue weighted by atomic mass is 35.5. The Kier molecular flexibility index (Phi) is 4.63. The average molecular weight is 313 g/mol. The van der Waals surface area contributed by atoms with Crippen molar-refractivity contribution >= 4 is 29.0 Å². The molecular weight excluding hydrogens is 302 g/mol. The van der Waals surface area contributed by atoms with Crippen LogP contribution in [0.1, 0.15) is 15.9 Å². The highest BCUT2D eigenvalue weighted by Crippen LogP contribution is 2.28. The summed E-state index contributed by atoms with van der Waals surface area (Å²) in [5, 5.41) is 0.662. The van der Waals surface area contributed by atoms with Crippen molar-refractivity contribution < 1.29 is 13.9 Å². The maximum atomic E-state index is 13.8. The van der Waals surface area contributed by atoms with Gasteiger partial charge in [-0.2, -0.15) is 0 Å². The number of hydrogen-bond donors (Lipinski definition) is 0. The van der Waals surface area contributed by atoms with Gasteiger partial charge in [-0.15, -0.1) is 0 Å². The van der Waals surface area contributed by atoms with E-state index in [9.17, 15) is 9.18 Å². The minimum Gasteiger partial charge on any atom is -0.496 e. The highest BCUT2D eigenvalue weighted by molar-refractivity contribution is 6.42.